The monoisotopic (exact) mass is 605 g/mol. The number of ether oxygens (including phenoxy) is 1. The van der Waals surface area contributed by atoms with Gasteiger partial charge in [-0.3, -0.25) is 9.78 Å². The molecular weight excluding hydrogens is 571 g/mol. The molecule has 0 atom stereocenters. The van der Waals surface area contributed by atoms with Crippen LogP contribution in [0.2, 0.25) is 0 Å². The number of anilines is 2. The highest BCUT2D eigenvalue weighted by Crippen LogP contribution is 2.42. The fourth-order valence-corrected chi connectivity index (χ4v) is 9.11. The molecule has 2 aliphatic heterocycles. The van der Waals surface area contributed by atoms with E-state index in [-0.39, 0.29) is 16.2 Å². The van der Waals surface area contributed by atoms with E-state index in [0.717, 1.165) is 37.1 Å². The van der Waals surface area contributed by atoms with Crippen LogP contribution in [0, 0.1) is 19.3 Å². The van der Waals surface area contributed by atoms with Crippen LogP contribution >= 0.6 is 11.3 Å². The number of piperidine rings is 1. The number of sulfonamides is 1. The Morgan fingerprint density at radius 3 is 2.36 bits per heavy atom. The van der Waals surface area contributed by atoms with E-state index in [1.54, 1.807) is 39.2 Å². The van der Waals surface area contributed by atoms with E-state index in [4.69, 9.17) is 9.72 Å². The first-order valence-corrected chi connectivity index (χ1v) is 16.4. The summed E-state index contributed by atoms with van der Waals surface area (Å²) in [6, 6.07) is 13.1. The van der Waals surface area contributed by atoms with Crippen molar-refractivity contribution < 1.29 is 17.9 Å². The van der Waals surface area contributed by atoms with Crippen molar-refractivity contribution in [3.05, 3.63) is 71.5 Å². The van der Waals surface area contributed by atoms with Crippen molar-refractivity contribution in [2.45, 2.75) is 38.0 Å². The SMILES string of the molecule is COc1cc(C)c(S(=O)(=O)N(C)c2nc3c(C(=O)N4CCC5(CC4)CCN(c4ccncc4)C5)cccc3s2)c(C)c1. The number of hydrogen-bond acceptors (Lipinski definition) is 8. The fraction of sp³-hybridized carbons (Fsp3) is 0.387. The van der Waals surface area contributed by atoms with Gasteiger partial charge >= 0.3 is 0 Å². The minimum atomic E-state index is -3.89. The zero-order chi connectivity index (χ0) is 29.6. The summed E-state index contributed by atoms with van der Waals surface area (Å²) in [6.07, 6.45) is 6.71. The number of para-hydroxylation sites is 1. The number of thiazole rings is 1. The van der Waals surface area contributed by atoms with E-state index >= 15 is 0 Å². The number of amides is 1. The van der Waals surface area contributed by atoms with Crippen LogP contribution in [0.4, 0.5) is 10.8 Å². The maximum Gasteiger partial charge on any atom is 0.266 e. The highest BCUT2D eigenvalue weighted by atomic mass is 32.2. The van der Waals surface area contributed by atoms with Crippen LogP contribution in [0.15, 0.2) is 59.8 Å². The number of aryl methyl sites for hydroxylation is 2. The predicted molar refractivity (Wildman–Crippen MR) is 166 cm³/mol. The standard InChI is InChI=1S/C31H35N5O4S2/c1-21-18-24(40-4)19-22(2)28(21)42(38,39)34(3)30-33-27-25(6-5-7-26(27)41-30)29(37)35-15-10-31(11-16-35)12-17-36(20-31)23-8-13-32-14-9-23/h5-9,13-14,18-19H,10-12,15-17,20H2,1-4H3. The molecule has 9 nitrogen and oxygen atoms in total. The molecule has 2 fully saturated rings. The van der Waals surface area contributed by atoms with Crippen LogP contribution in [0.25, 0.3) is 10.2 Å². The summed E-state index contributed by atoms with van der Waals surface area (Å²) in [5, 5.41) is 0.319. The second-order valence-corrected chi connectivity index (χ2v) is 14.3. The average Bonchev–Trinajstić information content (AvgIpc) is 3.61. The Bertz CT molecular complexity index is 1720. The number of methoxy groups -OCH3 is 1. The summed E-state index contributed by atoms with van der Waals surface area (Å²) in [4.78, 5) is 27.2. The number of nitrogens with zero attached hydrogens (tertiary/aromatic N) is 5. The number of fused-ring (bicyclic) bond motifs is 1. The molecule has 2 aromatic heterocycles. The molecule has 2 saturated heterocycles. The molecule has 0 aliphatic carbocycles. The molecule has 4 aromatic rings. The Morgan fingerprint density at radius 2 is 1.69 bits per heavy atom. The fourth-order valence-electron chi connectivity index (χ4n) is 6.39. The first-order chi connectivity index (χ1) is 20.1. The minimum Gasteiger partial charge on any atom is -0.497 e. The normalized spacial score (nSPS) is 16.8. The van der Waals surface area contributed by atoms with Gasteiger partial charge in [0.1, 0.15) is 5.75 Å². The smallest absolute Gasteiger partial charge is 0.266 e. The third-order valence-corrected chi connectivity index (χ3v) is 12.0. The Balaban J connectivity index is 1.21. The number of benzene rings is 2. The molecule has 2 aromatic carbocycles. The second kappa shape index (κ2) is 10.9. The molecule has 0 saturated carbocycles. The number of pyridine rings is 1. The van der Waals surface area contributed by atoms with E-state index in [0.29, 0.717) is 46.2 Å². The summed E-state index contributed by atoms with van der Waals surface area (Å²) in [6.45, 7) is 6.93. The molecule has 2 aliphatic rings. The molecule has 0 bridgehead atoms. The van der Waals surface area contributed by atoms with E-state index in [1.807, 2.05) is 29.4 Å². The van der Waals surface area contributed by atoms with Gasteiger partial charge in [-0.1, -0.05) is 17.4 Å². The first kappa shape index (κ1) is 28.4. The van der Waals surface area contributed by atoms with Gasteiger partial charge in [0.05, 0.1) is 27.8 Å². The van der Waals surface area contributed by atoms with Crippen molar-refractivity contribution in [3.63, 3.8) is 0 Å². The Labute approximate surface area is 250 Å². The molecule has 11 heteroatoms. The lowest BCUT2D eigenvalue weighted by molar-refractivity contribution is 0.0612. The maximum atomic E-state index is 13.8. The summed E-state index contributed by atoms with van der Waals surface area (Å²) >= 11 is 1.27. The topological polar surface area (TPSA) is 95.9 Å². The molecule has 4 heterocycles. The number of carbonyl (C=O) groups is 1. The van der Waals surface area contributed by atoms with E-state index in [9.17, 15) is 13.2 Å². The first-order valence-electron chi connectivity index (χ1n) is 14.1. The van der Waals surface area contributed by atoms with Crippen LogP contribution < -0.4 is 13.9 Å². The minimum absolute atomic E-state index is 0.0522. The zero-order valence-electron chi connectivity index (χ0n) is 24.3. The lowest BCUT2D eigenvalue weighted by atomic mass is 9.77. The Hall–Kier alpha value is -3.70. The molecule has 220 valence electrons. The third-order valence-electron chi connectivity index (χ3n) is 8.77. The maximum absolute atomic E-state index is 13.8. The number of hydrogen-bond donors (Lipinski definition) is 0. The van der Waals surface area contributed by atoms with Crippen molar-refractivity contribution in [1.29, 1.82) is 0 Å². The summed E-state index contributed by atoms with van der Waals surface area (Å²) in [7, 11) is -0.824. The third kappa shape index (κ3) is 4.98. The molecule has 0 unspecified atom stereocenters. The van der Waals surface area contributed by atoms with Gasteiger partial charge in [-0.05, 0) is 86.1 Å². The van der Waals surface area contributed by atoms with Crippen molar-refractivity contribution in [3.8, 4) is 5.75 Å². The van der Waals surface area contributed by atoms with E-state index < -0.39 is 10.0 Å². The largest absolute Gasteiger partial charge is 0.497 e. The van der Waals surface area contributed by atoms with Gasteiger partial charge < -0.3 is 14.5 Å². The average molecular weight is 606 g/mol. The highest BCUT2D eigenvalue weighted by molar-refractivity contribution is 7.93. The van der Waals surface area contributed by atoms with Crippen molar-refractivity contribution >= 4 is 48.3 Å². The predicted octanol–water partition coefficient (Wildman–Crippen LogP) is 5.27. The lowest BCUT2D eigenvalue weighted by Gasteiger charge is -2.39. The Morgan fingerprint density at radius 1 is 1.02 bits per heavy atom. The number of likely N-dealkylation sites (tertiary alicyclic amines) is 1. The van der Waals surface area contributed by atoms with Gasteiger partial charge in [-0.15, -0.1) is 0 Å². The van der Waals surface area contributed by atoms with Crippen LogP contribution in [0.1, 0.15) is 40.7 Å². The van der Waals surface area contributed by atoms with Gasteiger partial charge in [-0.25, -0.2) is 17.7 Å². The lowest BCUT2D eigenvalue weighted by Crippen LogP contribution is -2.44. The molecule has 1 spiro atoms. The number of aromatic nitrogens is 2. The van der Waals surface area contributed by atoms with Gasteiger partial charge in [0.2, 0.25) is 0 Å². The van der Waals surface area contributed by atoms with Gasteiger partial charge in [-0.2, -0.15) is 0 Å². The van der Waals surface area contributed by atoms with Gasteiger partial charge in [0.15, 0.2) is 5.13 Å². The van der Waals surface area contributed by atoms with Gasteiger partial charge in [0, 0.05) is 51.3 Å². The molecule has 42 heavy (non-hydrogen) atoms. The van der Waals surface area contributed by atoms with Crippen molar-refractivity contribution in [2.75, 3.05) is 49.5 Å². The summed E-state index contributed by atoms with van der Waals surface area (Å²) in [5.41, 5.74) is 3.68. The molecule has 0 N–H and O–H groups in total. The number of carbonyl (C=O) groups excluding carboxylic acids is 1. The quantitative estimate of drug-likeness (QED) is 0.295. The van der Waals surface area contributed by atoms with Crippen LogP contribution in [-0.2, 0) is 10.0 Å². The van der Waals surface area contributed by atoms with Crippen LogP contribution in [-0.4, -0.2) is 69.5 Å². The number of rotatable bonds is 6. The Kier molecular flexibility index (Phi) is 7.34. The molecule has 0 radical (unpaired) electrons. The second-order valence-electron chi connectivity index (χ2n) is 11.4. The zero-order valence-corrected chi connectivity index (χ0v) is 26.0. The van der Waals surface area contributed by atoms with Crippen molar-refractivity contribution in [1.82, 2.24) is 14.9 Å². The molecular formula is C31H35N5O4S2. The van der Waals surface area contributed by atoms with E-state index in [1.165, 1.54) is 28.4 Å². The molecule has 6 rings (SSSR count). The highest BCUT2D eigenvalue weighted by Gasteiger charge is 2.42. The van der Waals surface area contributed by atoms with Gasteiger partial charge in [0.25, 0.3) is 15.9 Å². The van der Waals surface area contributed by atoms with E-state index in [2.05, 4.69) is 22.0 Å². The van der Waals surface area contributed by atoms with Crippen LogP contribution in [0.3, 0.4) is 0 Å². The summed E-state index contributed by atoms with van der Waals surface area (Å²) in [5.74, 6) is 0.557. The van der Waals surface area contributed by atoms with Crippen molar-refractivity contribution in [2.24, 2.45) is 5.41 Å². The van der Waals surface area contributed by atoms with Crippen LogP contribution in [0.5, 0.6) is 5.75 Å². The summed E-state index contributed by atoms with van der Waals surface area (Å²) < 4.78 is 34.7. The molecule has 1 amide bonds.